The van der Waals surface area contributed by atoms with Crippen molar-refractivity contribution in [3.05, 3.63) is 69.7 Å². The Morgan fingerprint density at radius 1 is 1.14 bits per heavy atom. The van der Waals surface area contributed by atoms with E-state index in [1.807, 2.05) is 43.3 Å². The maximum atomic E-state index is 12.5. The first-order valence-electron chi connectivity index (χ1n) is 9.50. The highest BCUT2D eigenvalue weighted by molar-refractivity contribution is 6.42. The summed E-state index contributed by atoms with van der Waals surface area (Å²) in [5.74, 6) is -2.61. The van der Waals surface area contributed by atoms with Gasteiger partial charge in [0.05, 0.1) is 16.1 Å². The summed E-state index contributed by atoms with van der Waals surface area (Å²) in [5.41, 5.74) is 1.94. The van der Waals surface area contributed by atoms with Crippen molar-refractivity contribution in [3.8, 4) is 0 Å². The maximum Gasteiger partial charge on any atom is 0.291 e. The molecule has 1 aliphatic rings. The Kier molecular flexibility index (Phi) is 6.93. The van der Waals surface area contributed by atoms with Gasteiger partial charge in [-0.2, -0.15) is 0 Å². The van der Waals surface area contributed by atoms with Gasteiger partial charge < -0.3 is 10.2 Å². The largest absolute Gasteiger partial charge is 0.355 e. The summed E-state index contributed by atoms with van der Waals surface area (Å²) in [6, 6.07) is 14.6. The molecular weight excluding hydrogens is 411 g/mol. The quantitative estimate of drug-likeness (QED) is 0.410. The van der Waals surface area contributed by atoms with E-state index in [2.05, 4.69) is 5.32 Å². The van der Waals surface area contributed by atoms with Crippen LogP contribution in [0.1, 0.15) is 30.5 Å². The number of hydrogen-bond acceptors (Lipinski definition) is 3. The first-order valence-corrected chi connectivity index (χ1v) is 10.3. The van der Waals surface area contributed by atoms with Crippen LogP contribution in [-0.2, 0) is 20.8 Å². The Morgan fingerprint density at radius 2 is 1.86 bits per heavy atom. The van der Waals surface area contributed by atoms with Gasteiger partial charge in [0, 0.05) is 13.1 Å². The van der Waals surface area contributed by atoms with Crippen molar-refractivity contribution < 1.29 is 14.4 Å². The van der Waals surface area contributed by atoms with Crippen LogP contribution in [0.2, 0.25) is 10.0 Å². The molecule has 152 valence electrons. The molecule has 0 aromatic heterocycles. The monoisotopic (exact) mass is 432 g/mol. The molecule has 1 N–H and O–H groups in total. The molecule has 0 aliphatic carbocycles. The van der Waals surface area contributed by atoms with E-state index >= 15 is 0 Å². The van der Waals surface area contributed by atoms with E-state index in [0.29, 0.717) is 29.4 Å². The zero-order chi connectivity index (χ0) is 21.0. The van der Waals surface area contributed by atoms with Gasteiger partial charge in [-0.3, -0.25) is 14.4 Å². The van der Waals surface area contributed by atoms with Crippen LogP contribution < -0.4 is 5.32 Å². The Morgan fingerprint density at radius 3 is 2.55 bits per heavy atom. The van der Waals surface area contributed by atoms with Crippen molar-refractivity contribution in [2.24, 2.45) is 5.92 Å². The fourth-order valence-corrected chi connectivity index (χ4v) is 3.74. The number of benzene rings is 2. The molecule has 29 heavy (non-hydrogen) atoms. The second-order valence-corrected chi connectivity index (χ2v) is 7.92. The minimum atomic E-state index is -0.960. The molecule has 0 bridgehead atoms. The van der Waals surface area contributed by atoms with Crippen molar-refractivity contribution in [2.75, 3.05) is 13.1 Å². The van der Waals surface area contributed by atoms with Crippen molar-refractivity contribution in [2.45, 2.75) is 25.8 Å². The summed E-state index contributed by atoms with van der Waals surface area (Å²) in [7, 11) is 0. The first-order chi connectivity index (χ1) is 13.9. The molecular formula is C22H22Cl2N2O3. The number of nitrogens with zero attached hydrogens (tertiary/aromatic N) is 1. The van der Waals surface area contributed by atoms with Gasteiger partial charge in [-0.05, 0) is 43.0 Å². The van der Waals surface area contributed by atoms with Gasteiger partial charge in [0.15, 0.2) is 0 Å². The van der Waals surface area contributed by atoms with E-state index in [1.54, 1.807) is 12.1 Å². The third-order valence-electron chi connectivity index (χ3n) is 5.16. The van der Waals surface area contributed by atoms with Crippen LogP contribution >= 0.6 is 23.2 Å². The zero-order valence-corrected chi connectivity index (χ0v) is 17.5. The van der Waals surface area contributed by atoms with E-state index in [9.17, 15) is 14.4 Å². The third kappa shape index (κ3) is 4.98. The topological polar surface area (TPSA) is 66.5 Å². The predicted molar refractivity (Wildman–Crippen MR) is 113 cm³/mol. The number of amides is 2. The maximum absolute atomic E-state index is 12.5. The molecule has 0 saturated carbocycles. The van der Waals surface area contributed by atoms with Gasteiger partial charge in [-0.15, -0.1) is 0 Å². The second-order valence-electron chi connectivity index (χ2n) is 7.10. The number of Topliss-reactive ketones (excluding diaryl/α,β-unsaturated/α-hetero) is 1. The number of carbonyl (C=O) groups is 3. The lowest BCUT2D eigenvalue weighted by molar-refractivity contribution is -0.143. The molecule has 2 amide bonds. The van der Waals surface area contributed by atoms with Crippen LogP contribution in [-0.4, -0.2) is 35.6 Å². The number of ketones is 1. The van der Waals surface area contributed by atoms with Crippen LogP contribution in [0, 0.1) is 5.92 Å². The van der Waals surface area contributed by atoms with Gasteiger partial charge in [0.25, 0.3) is 5.91 Å². The lowest BCUT2D eigenvalue weighted by Gasteiger charge is -2.24. The average Bonchev–Trinajstić information content (AvgIpc) is 3.03. The van der Waals surface area contributed by atoms with Gasteiger partial charge >= 0.3 is 0 Å². The number of rotatable bonds is 7. The molecule has 2 aromatic rings. The van der Waals surface area contributed by atoms with Crippen molar-refractivity contribution in [1.82, 2.24) is 10.2 Å². The van der Waals surface area contributed by atoms with E-state index in [1.165, 1.54) is 4.90 Å². The van der Waals surface area contributed by atoms with E-state index in [-0.39, 0.29) is 12.6 Å². The molecule has 3 rings (SSSR count). The minimum absolute atomic E-state index is 0.104. The molecule has 7 heteroatoms. The molecule has 1 saturated heterocycles. The molecule has 1 aliphatic heterocycles. The Balaban J connectivity index is 1.52. The van der Waals surface area contributed by atoms with Gasteiger partial charge in [-0.25, -0.2) is 0 Å². The normalized spacial score (nSPS) is 17.5. The van der Waals surface area contributed by atoms with Crippen LogP contribution in [0.4, 0.5) is 0 Å². The molecule has 2 aromatic carbocycles. The second kappa shape index (κ2) is 9.42. The van der Waals surface area contributed by atoms with Gasteiger partial charge in [0.1, 0.15) is 5.92 Å². The van der Waals surface area contributed by atoms with Crippen molar-refractivity contribution in [3.63, 3.8) is 0 Å². The van der Waals surface area contributed by atoms with Crippen molar-refractivity contribution >= 4 is 40.8 Å². The zero-order valence-electron chi connectivity index (χ0n) is 16.0. The fraction of sp³-hybridized carbons (Fsp3) is 0.318. The Hall–Kier alpha value is -2.37. The van der Waals surface area contributed by atoms with Gasteiger partial charge in [0.2, 0.25) is 11.7 Å². The molecule has 2 atom stereocenters. The minimum Gasteiger partial charge on any atom is -0.355 e. The lowest BCUT2D eigenvalue weighted by Crippen LogP contribution is -2.36. The number of carbonyl (C=O) groups excluding carboxylic acids is 3. The summed E-state index contributed by atoms with van der Waals surface area (Å²) >= 11 is 11.9. The third-order valence-corrected chi connectivity index (χ3v) is 5.90. The molecule has 0 radical (unpaired) electrons. The Labute approximate surface area is 180 Å². The molecule has 1 fully saturated rings. The SMILES string of the molecule is CC(c1ccccc1)N1CC(C(=O)NCCCc2ccc(Cl)c(Cl)c2)C(=O)C1=O. The summed E-state index contributed by atoms with van der Waals surface area (Å²) in [6.45, 7) is 2.37. The van der Waals surface area contributed by atoms with Crippen LogP contribution in [0.3, 0.4) is 0 Å². The summed E-state index contributed by atoms with van der Waals surface area (Å²) < 4.78 is 0. The molecule has 5 nitrogen and oxygen atoms in total. The van der Waals surface area contributed by atoms with Gasteiger partial charge in [-0.1, -0.05) is 59.6 Å². The molecule has 0 spiro atoms. The number of nitrogens with one attached hydrogen (secondary N) is 1. The number of likely N-dealkylation sites (tertiary alicyclic amines) is 1. The molecule has 2 unspecified atom stereocenters. The smallest absolute Gasteiger partial charge is 0.291 e. The Bertz CT molecular complexity index is 918. The standard InChI is InChI=1S/C22H22Cl2N2O3/c1-14(16-7-3-2-4-8-16)26-13-17(20(27)22(26)29)21(28)25-11-5-6-15-9-10-18(23)19(24)12-15/h2-4,7-10,12,14,17H,5-6,11,13H2,1H3,(H,25,28). The van der Waals surface area contributed by atoms with Crippen LogP contribution in [0.15, 0.2) is 48.5 Å². The lowest BCUT2D eigenvalue weighted by atomic mass is 10.1. The summed E-state index contributed by atoms with van der Waals surface area (Å²) in [6.07, 6.45) is 1.40. The first kappa shape index (κ1) is 21.3. The average molecular weight is 433 g/mol. The summed E-state index contributed by atoms with van der Waals surface area (Å²) in [4.78, 5) is 38.7. The van der Waals surface area contributed by atoms with E-state index < -0.39 is 23.5 Å². The van der Waals surface area contributed by atoms with Crippen LogP contribution in [0.5, 0.6) is 0 Å². The highest BCUT2D eigenvalue weighted by Gasteiger charge is 2.44. The van der Waals surface area contributed by atoms with Crippen LogP contribution in [0.25, 0.3) is 0 Å². The van der Waals surface area contributed by atoms with E-state index in [0.717, 1.165) is 11.1 Å². The number of aryl methyl sites for hydroxylation is 1. The molecule has 1 heterocycles. The number of hydrogen-bond donors (Lipinski definition) is 1. The predicted octanol–water partition coefficient (Wildman–Crippen LogP) is 3.83. The highest BCUT2D eigenvalue weighted by atomic mass is 35.5. The van der Waals surface area contributed by atoms with E-state index in [4.69, 9.17) is 23.2 Å². The number of halogens is 2. The fourth-order valence-electron chi connectivity index (χ4n) is 3.42. The highest BCUT2D eigenvalue weighted by Crippen LogP contribution is 2.27. The summed E-state index contributed by atoms with van der Waals surface area (Å²) in [5, 5.41) is 3.77. The van der Waals surface area contributed by atoms with Crippen molar-refractivity contribution in [1.29, 1.82) is 0 Å².